The average molecular weight is 364 g/mol. The minimum atomic E-state index is -4.44. The van der Waals surface area contributed by atoms with Gasteiger partial charge in [-0.2, -0.15) is 18.3 Å². The lowest BCUT2D eigenvalue weighted by atomic mass is 10.1. The van der Waals surface area contributed by atoms with Gasteiger partial charge in [-0.05, 0) is 30.7 Å². The lowest BCUT2D eigenvalue weighted by Gasteiger charge is -2.09. The number of halogens is 3. The number of carbonyl (C=O) groups is 1. The molecule has 0 aliphatic carbocycles. The molecule has 9 heteroatoms. The van der Waals surface area contributed by atoms with Crippen molar-refractivity contribution in [2.75, 3.05) is 6.61 Å². The van der Waals surface area contributed by atoms with Crippen LogP contribution >= 0.6 is 0 Å². The summed E-state index contributed by atoms with van der Waals surface area (Å²) in [7, 11) is 0. The zero-order valence-electron chi connectivity index (χ0n) is 13.7. The predicted octanol–water partition coefficient (Wildman–Crippen LogP) is 3.14. The first-order valence-electron chi connectivity index (χ1n) is 7.69. The number of nitrogens with zero attached hydrogens (tertiary/aromatic N) is 2. The summed E-state index contributed by atoms with van der Waals surface area (Å²) in [6.45, 7) is 0.589. The van der Waals surface area contributed by atoms with Crippen LogP contribution in [-0.4, -0.2) is 33.9 Å². The van der Waals surface area contributed by atoms with Crippen molar-refractivity contribution < 1.29 is 22.7 Å². The van der Waals surface area contributed by atoms with Gasteiger partial charge >= 0.3 is 6.18 Å². The monoisotopic (exact) mass is 364 g/mol. The number of hydrogen-bond acceptors (Lipinski definition) is 4. The minimum absolute atomic E-state index is 0.101. The number of rotatable bonds is 5. The number of ether oxygens (including phenoxy) is 1. The summed E-state index contributed by atoms with van der Waals surface area (Å²) in [5.41, 5.74) is 2.55. The SMILES string of the molecule is Cc1ccc2[nH]nc(C(=O)NCc3ccnc(OCC(F)(F)F)c3)c2c1. The molecule has 3 rings (SSSR count). The molecule has 136 valence electrons. The summed E-state index contributed by atoms with van der Waals surface area (Å²) in [6.07, 6.45) is -3.12. The molecule has 1 aromatic carbocycles. The Morgan fingerprint density at radius 2 is 2.08 bits per heavy atom. The van der Waals surface area contributed by atoms with Gasteiger partial charge in [0, 0.05) is 24.2 Å². The molecular weight excluding hydrogens is 349 g/mol. The second-order valence-corrected chi connectivity index (χ2v) is 5.71. The topological polar surface area (TPSA) is 79.9 Å². The number of hydrogen-bond donors (Lipinski definition) is 2. The highest BCUT2D eigenvalue weighted by Gasteiger charge is 2.28. The van der Waals surface area contributed by atoms with E-state index in [0.29, 0.717) is 10.9 Å². The van der Waals surface area contributed by atoms with E-state index in [4.69, 9.17) is 0 Å². The van der Waals surface area contributed by atoms with E-state index in [1.54, 1.807) is 6.07 Å². The van der Waals surface area contributed by atoms with Crippen LogP contribution in [0.1, 0.15) is 21.6 Å². The van der Waals surface area contributed by atoms with E-state index >= 15 is 0 Å². The minimum Gasteiger partial charge on any atom is -0.468 e. The van der Waals surface area contributed by atoms with E-state index in [2.05, 4.69) is 25.2 Å². The van der Waals surface area contributed by atoms with Crippen LogP contribution in [0.5, 0.6) is 5.88 Å². The third-order valence-corrected chi connectivity index (χ3v) is 3.57. The number of aryl methyl sites for hydroxylation is 1. The van der Waals surface area contributed by atoms with Crippen molar-refractivity contribution in [2.24, 2.45) is 0 Å². The molecule has 0 saturated carbocycles. The number of H-pyrrole nitrogens is 1. The van der Waals surface area contributed by atoms with Gasteiger partial charge in [0.2, 0.25) is 5.88 Å². The van der Waals surface area contributed by atoms with Crippen LogP contribution in [0.15, 0.2) is 36.5 Å². The van der Waals surface area contributed by atoms with Gasteiger partial charge in [-0.15, -0.1) is 0 Å². The Bertz CT molecular complexity index is 937. The van der Waals surface area contributed by atoms with Gasteiger partial charge in [0.05, 0.1) is 5.52 Å². The predicted molar refractivity (Wildman–Crippen MR) is 87.8 cm³/mol. The quantitative estimate of drug-likeness (QED) is 0.729. The molecule has 3 aromatic rings. The number of fused-ring (bicyclic) bond motifs is 1. The summed E-state index contributed by atoms with van der Waals surface area (Å²) in [4.78, 5) is 16.1. The lowest BCUT2D eigenvalue weighted by Crippen LogP contribution is -2.23. The maximum Gasteiger partial charge on any atom is 0.422 e. The highest BCUT2D eigenvalue weighted by Crippen LogP contribution is 2.19. The van der Waals surface area contributed by atoms with Crippen molar-refractivity contribution in [3.05, 3.63) is 53.3 Å². The van der Waals surface area contributed by atoms with Crippen LogP contribution in [-0.2, 0) is 6.54 Å². The van der Waals surface area contributed by atoms with E-state index in [1.807, 2.05) is 25.1 Å². The molecule has 0 aliphatic rings. The molecule has 2 heterocycles. The lowest BCUT2D eigenvalue weighted by molar-refractivity contribution is -0.154. The second kappa shape index (κ2) is 7.03. The zero-order valence-corrected chi connectivity index (χ0v) is 13.7. The van der Waals surface area contributed by atoms with Gasteiger partial charge in [0.15, 0.2) is 12.3 Å². The van der Waals surface area contributed by atoms with Crippen LogP contribution in [0.3, 0.4) is 0 Å². The third kappa shape index (κ3) is 4.29. The Balaban J connectivity index is 1.66. The van der Waals surface area contributed by atoms with E-state index in [0.717, 1.165) is 11.1 Å². The number of aromatic amines is 1. The van der Waals surface area contributed by atoms with Gasteiger partial charge < -0.3 is 10.1 Å². The fraction of sp³-hybridized carbons (Fsp3) is 0.235. The van der Waals surface area contributed by atoms with Crippen molar-refractivity contribution >= 4 is 16.8 Å². The van der Waals surface area contributed by atoms with Crippen LogP contribution < -0.4 is 10.1 Å². The van der Waals surface area contributed by atoms with Crippen LogP contribution in [0.4, 0.5) is 13.2 Å². The van der Waals surface area contributed by atoms with Crippen molar-refractivity contribution in [2.45, 2.75) is 19.6 Å². The molecular formula is C17H15F3N4O2. The van der Waals surface area contributed by atoms with E-state index in [9.17, 15) is 18.0 Å². The normalized spacial score (nSPS) is 11.5. The maximum absolute atomic E-state index is 12.4. The first kappa shape index (κ1) is 17.7. The largest absolute Gasteiger partial charge is 0.468 e. The number of benzene rings is 1. The first-order valence-corrected chi connectivity index (χ1v) is 7.69. The van der Waals surface area contributed by atoms with Gasteiger partial charge in [-0.3, -0.25) is 9.89 Å². The van der Waals surface area contributed by atoms with E-state index in [-0.39, 0.29) is 18.1 Å². The van der Waals surface area contributed by atoms with Gasteiger partial charge in [-0.1, -0.05) is 11.6 Å². The second-order valence-electron chi connectivity index (χ2n) is 5.71. The van der Waals surface area contributed by atoms with Crippen LogP contribution in [0.2, 0.25) is 0 Å². The molecule has 1 amide bonds. The molecule has 0 aliphatic heterocycles. The van der Waals surface area contributed by atoms with Crippen molar-refractivity contribution in [1.29, 1.82) is 0 Å². The van der Waals surface area contributed by atoms with Gasteiger partial charge in [0.1, 0.15) is 0 Å². The molecule has 26 heavy (non-hydrogen) atoms. The Hall–Kier alpha value is -3.10. The molecule has 0 unspecified atom stereocenters. The maximum atomic E-state index is 12.4. The van der Waals surface area contributed by atoms with Crippen molar-refractivity contribution in [3.8, 4) is 5.88 Å². The molecule has 0 saturated heterocycles. The molecule has 0 bridgehead atoms. The summed E-state index contributed by atoms with van der Waals surface area (Å²) in [5.74, 6) is -0.550. The number of aromatic nitrogens is 3. The summed E-state index contributed by atoms with van der Waals surface area (Å²) in [5, 5.41) is 10.2. The van der Waals surface area contributed by atoms with Crippen molar-refractivity contribution in [3.63, 3.8) is 0 Å². The van der Waals surface area contributed by atoms with Crippen LogP contribution in [0.25, 0.3) is 10.9 Å². The van der Waals surface area contributed by atoms with Crippen molar-refractivity contribution in [1.82, 2.24) is 20.5 Å². The zero-order chi connectivity index (χ0) is 18.7. The highest BCUT2D eigenvalue weighted by molar-refractivity contribution is 6.04. The number of alkyl halides is 3. The Labute approximate surface area is 146 Å². The fourth-order valence-corrected chi connectivity index (χ4v) is 2.36. The number of pyridine rings is 1. The molecule has 0 fully saturated rings. The Morgan fingerprint density at radius 3 is 2.85 bits per heavy atom. The standard InChI is InChI=1S/C17H15F3N4O2/c1-10-2-3-13-12(6-10)15(24-23-13)16(25)22-8-11-4-5-21-14(7-11)26-9-17(18,19)20/h2-7H,8-9H2,1H3,(H,22,25)(H,23,24). The molecule has 2 aromatic heterocycles. The first-order chi connectivity index (χ1) is 12.3. The molecule has 0 atom stereocenters. The smallest absolute Gasteiger partial charge is 0.422 e. The number of amides is 1. The summed E-state index contributed by atoms with van der Waals surface area (Å²) in [6, 6.07) is 8.51. The molecule has 6 nitrogen and oxygen atoms in total. The van der Waals surface area contributed by atoms with Gasteiger partial charge in [0.25, 0.3) is 5.91 Å². The number of carbonyl (C=O) groups excluding carboxylic acids is 1. The van der Waals surface area contributed by atoms with E-state index < -0.39 is 18.7 Å². The average Bonchev–Trinajstić information content (AvgIpc) is 3.01. The molecule has 2 N–H and O–H groups in total. The fourth-order valence-electron chi connectivity index (χ4n) is 2.36. The van der Waals surface area contributed by atoms with Gasteiger partial charge in [-0.25, -0.2) is 4.98 Å². The Morgan fingerprint density at radius 1 is 1.27 bits per heavy atom. The Kier molecular flexibility index (Phi) is 4.79. The third-order valence-electron chi connectivity index (χ3n) is 3.57. The number of nitrogens with one attached hydrogen (secondary N) is 2. The molecule has 0 spiro atoms. The summed E-state index contributed by atoms with van der Waals surface area (Å²) < 4.78 is 41.2. The van der Waals surface area contributed by atoms with E-state index in [1.165, 1.54) is 12.3 Å². The van der Waals surface area contributed by atoms with Crippen LogP contribution in [0, 0.1) is 6.92 Å². The summed E-state index contributed by atoms with van der Waals surface area (Å²) >= 11 is 0. The molecule has 0 radical (unpaired) electrons. The highest BCUT2D eigenvalue weighted by atomic mass is 19.4.